The summed E-state index contributed by atoms with van der Waals surface area (Å²) in [6, 6.07) is 12.2. The Morgan fingerprint density at radius 2 is 1.74 bits per heavy atom. The molecule has 38 heavy (non-hydrogen) atoms. The van der Waals surface area contributed by atoms with Crippen LogP contribution in [0.1, 0.15) is 31.2 Å². The topological polar surface area (TPSA) is 79.4 Å². The van der Waals surface area contributed by atoms with Crippen molar-refractivity contribution in [2.75, 3.05) is 37.4 Å². The van der Waals surface area contributed by atoms with Gasteiger partial charge in [0, 0.05) is 42.6 Å². The molecule has 0 spiro atoms. The smallest absolute Gasteiger partial charge is 0.405 e. The average molecular weight is 594 g/mol. The van der Waals surface area contributed by atoms with E-state index in [0.29, 0.717) is 28.8 Å². The van der Waals surface area contributed by atoms with Crippen molar-refractivity contribution in [2.24, 2.45) is 11.8 Å². The van der Waals surface area contributed by atoms with Crippen LogP contribution < -0.4 is 20.3 Å². The van der Waals surface area contributed by atoms with Gasteiger partial charge in [-0.3, -0.25) is 4.79 Å². The molecule has 1 aromatic heterocycles. The number of aromatic nitrogens is 2. The van der Waals surface area contributed by atoms with Crippen molar-refractivity contribution >= 4 is 44.5 Å². The minimum Gasteiger partial charge on any atom is -0.405 e. The maximum absolute atomic E-state index is 12.7. The number of anilines is 2. The van der Waals surface area contributed by atoms with Crippen LogP contribution in [0.15, 0.2) is 46.9 Å². The number of hydrogen-bond donors (Lipinski definition) is 2. The van der Waals surface area contributed by atoms with Gasteiger partial charge < -0.3 is 20.3 Å². The standard InChI is InChI=1S/C27H31BrF3N5O2/c1-36(2)25-21-5-3-4-6-22(21)34-26(35-25)33-16-18-9-7-17(8-10-18)15-32-24(37)13-19-11-12-20(28)14-23(19)38-27(29,30)31/h3-6,11-12,14,17-18H,7-10,13,15-16H2,1-2H3,(H,32,37)(H,33,34,35). The average Bonchev–Trinajstić information content (AvgIpc) is 2.87. The third-order valence-electron chi connectivity index (χ3n) is 6.72. The number of rotatable bonds is 9. The molecule has 0 unspecified atom stereocenters. The molecule has 0 atom stereocenters. The van der Waals surface area contributed by atoms with Crippen molar-refractivity contribution in [1.29, 1.82) is 0 Å². The summed E-state index contributed by atoms with van der Waals surface area (Å²) in [4.78, 5) is 23.8. The summed E-state index contributed by atoms with van der Waals surface area (Å²) in [5.41, 5.74) is 1.08. The second kappa shape index (κ2) is 12.2. The van der Waals surface area contributed by atoms with Crippen LogP contribution in [-0.4, -0.2) is 49.4 Å². The number of nitrogens with zero attached hydrogens (tertiary/aromatic N) is 3. The lowest BCUT2D eigenvalue weighted by molar-refractivity contribution is -0.274. The molecule has 1 aliphatic carbocycles. The monoisotopic (exact) mass is 593 g/mol. The molecule has 0 saturated heterocycles. The molecule has 204 valence electrons. The Balaban J connectivity index is 1.23. The van der Waals surface area contributed by atoms with E-state index in [-0.39, 0.29) is 23.6 Å². The lowest BCUT2D eigenvalue weighted by Gasteiger charge is -2.29. The number of carbonyl (C=O) groups excluding carboxylic acids is 1. The number of halogens is 4. The molecule has 1 saturated carbocycles. The molecular formula is C27H31BrF3N5O2. The summed E-state index contributed by atoms with van der Waals surface area (Å²) in [6.45, 7) is 1.28. The molecule has 0 radical (unpaired) electrons. The second-order valence-electron chi connectivity index (χ2n) is 9.83. The summed E-state index contributed by atoms with van der Waals surface area (Å²) in [6.07, 6.45) is -1.05. The quantitative estimate of drug-likeness (QED) is 0.320. The predicted molar refractivity (Wildman–Crippen MR) is 145 cm³/mol. The Morgan fingerprint density at radius 1 is 1.05 bits per heavy atom. The Hall–Kier alpha value is -3.08. The number of para-hydroxylation sites is 1. The minimum absolute atomic E-state index is 0.182. The Morgan fingerprint density at radius 3 is 2.42 bits per heavy atom. The zero-order valence-corrected chi connectivity index (χ0v) is 22.9. The van der Waals surface area contributed by atoms with Crippen LogP contribution in [0.25, 0.3) is 10.9 Å². The van der Waals surface area contributed by atoms with Gasteiger partial charge in [0.25, 0.3) is 0 Å². The third kappa shape index (κ3) is 7.72. The second-order valence-corrected chi connectivity index (χ2v) is 10.7. The lowest BCUT2D eigenvalue weighted by Crippen LogP contribution is -2.33. The molecule has 1 heterocycles. The SMILES string of the molecule is CN(C)c1nc(NCC2CCC(CNC(=O)Cc3ccc(Br)cc3OC(F)(F)F)CC2)nc2ccccc12. The Bertz CT molecular complexity index is 1260. The van der Waals surface area contributed by atoms with Crippen molar-refractivity contribution in [3.8, 4) is 5.75 Å². The van der Waals surface area contributed by atoms with E-state index in [9.17, 15) is 18.0 Å². The Labute approximate surface area is 228 Å². The van der Waals surface area contributed by atoms with Gasteiger partial charge in [0.1, 0.15) is 11.6 Å². The van der Waals surface area contributed by atoms with E-state index in [0.717, 1.165) is 48.9 Å². The van der Waals surface area contributed by atoms with Gasteiger partial charge in [-0.2, -0.15) is 4.98 Å². The molecule has 2 N–H and O–H groups in total. The highest BCUT2D eigenvalue weighted by molar-refractivity contribution is 9.10. The first kappa shape index (κ1) is 27.9. The van der Waals surface area contributed by atoms with Crippen LogP contribution in [0.4, 0.5) is 24.9 Å². The highest BCUT2D eigenvalue weighted by atomic mass is 79.9. The first-order valence-corrected chi connectivity index (χ1v) is 13.4. The minimum atomic E-state index is -4.82. The normalized spacial score (nSPS) is 17.7. The van der Waals surface area contributed by atoms with Crippen molar-refractivity contribution < 1.29 is 22.7 Å². The molecule has 3 aromatic rings. The molecule has 4 rings (SSSR count). The molecule has 0 bridgehead atoms. The predicted octanol–water partition coefficient (Wildman–Crippen LogP) is 5.93. The zero-order chi connectivity index (χ0) is 27.3. The van der Waals surface area contributed by atoms with Gasteiger partial charge in [-0.05, 0) is 61.8 Å². The molecule has 1 amide bonds. The first-order valence-electron chi connectivity index (χ1n) is 12.6. The molecule has 0 aliphatic heterocycles. The van der Waals surface area contributed by atoms with Gasteiger partial charge in [-0.1, -0.05) is 34.1 Å². The van der Waals surface area contributed by atoms with Gasteiger partial charge >= 0.3 is 6.36 Å². The van der Waals surface area contributed by atoms with Gasteiger partial charge in [0.05, 0.1) is 11.9 Å². The summed E-state index contributed by atoms with van der Waals surface area (Å²) < 4.78 is 42.7. The number of alkyl halides is 3. The highest BCUT2D eigenvalue weighted by Gasteiger charge is 2.32. The molecular weight excluding hydrogens is 563 g/mol. The van der Waals surface area contributed by atoms with Crippen LogP contribution in [0.2, 0.25) is 0 Å². The van der Waals surface area contributed by atoms with E-state index in [1.807, 2.05) is 43.3 Å². The first-order chi connectivity index (χ1) is 18.1. The summed E-state index contributed by atoms with van der Waals surface area (Å²) in [5.74, 6) is 1.60. The fourth-order valence-electron chi connectivity index (χ4n) is 4.74. The lowest BCUT2D eigenvalue weighted by atomic mass is 9.82. The van der Waals surface area contributed by atoms with Gasteiger partial charge in [-0.25, -0.2) is 4.98 Å². The van der Waals surface area contributed by atoms with E-state index in [4.69, 9.17) is 4.98 Å². The van der Waals surface area contributed by atoms with E-state index in [1.54, 1.807) is 6.07 Å². The maximum atomic E-state index is 12.7. The number of fused-ring (bicyclic) bond motifs is 1. The number of nitrogens with one attached hydrogen (secondary N) is 2. The largest absolute Gasteiger partial charge is 0.573 e. The van der Waals surface area contributed by atoms with E-state index in [2.05, 4.69) is 36.3 Å². The molecule has 2 aromatic carbocycles. The van der Waals surface area contributed by atoms with Crippen LogP contribution >= 0.6 is 15.9 Å². The number of amides is 1. The van der Waals surface area contributed by atoms with Crippen LogP contribution in [0, 0.1) is 11.8 Å². The van der Waals surface area contributed by atoms with Crippen molar-refractivity contribution in [3.05, 3.63) is 52.5 Å². The molecule has 1 aliphatic rings. The van der Waals surface area contributed by atoms with E-state index in [1.165, 1.54) is 12.1 Å². The van der Waals surface area contributed by atoms with Crippen molar-refractivity contribution in [3.63, 3.8) is 0 Å². The fraction of sp³-hybridized carbons (Fsp3) is 0.444. The van der Waals surface area contributed by atoms with Gasteiger partial charge in [0.15, 0.2) is 0 Å². The summed E-state index contributed by atoms with van der Waals surface area (Å²) in [7, 11) is 3.93. The van der Waals surface area contributed by atoms with Crippen LogP contribution in [0.3, 0.4) is 0 Å². The van der Waals surface area contributed by atoms with Crippen molar-refractivity contribution in [1.82, 2.24) is 15.3 Å². The molecule has 11 heteroatoms. The van der Waals surface area contributed by atoms with E-state index >= 15 is 0 Å². The van der Waals surface area contributed by atoms with Crippen molar-refractivity contribution in [2.45, 2.75) is 38.5 Å². The number of benzene rings is 2. The third-order valence-corrected chi connectivity index (χ3v) is 7.21. The number of hydrogen-bond acceptors (Lipinski definition) is 6. The Kier molecular flexibility index (Phi) is 8.96. The molecule has 1 fully saturated rings. The number of carbonyl (C=O) groups is 1. The zero-order valence-electron chi connectivity index (χ0n) is 21.3. The van der Waals surface area contributed by atoms with Gasteiger partial charge in [0.2, 0.25) is 11.9 Å². The summed E-state index contributed by atoms with van der Waals surface area (Å²) in [5, 5.41) is 7.30. The maximum Gasteiger partial charge on any atom is 0.573 e. The molecule has 7 nitrogen and oxygen atoms in total. The van der Waals surface area contributed by atoms with Crippen LogP contribution in [0.5, 0.6) is 5.75 Å². The van der Waals surface area contributed by atoms with Crippen LogP contribution in [-0.2, 0) is 11.2 Å². The number of ether oxygens (including phenoxy) is 1. The highest BCUT2D eigenvalue weighted by Crippen LogP contribution is 2.31. The van der Waals surface area contributed by atoms with E-state index < -0.39 is 6.36 Å². The summed E-state index contributed by atoms with van der Waals surface area (Å²) >= 11 is 3.14. The fourth-order valence-corrected chi connectivity index (χ4v) is 5.08. The van der Waals surface area contributed by atoms with Gasteiger partial charge in [-0.15, -0.1) is 13.2 Å².